The average molecular weight is 211 g/mol. The highest BCUT2D eigenvalue weighted by molar-refractivity contribution is 5.87. The van der Waals surface area contributed by atoms with Crippen molar-refractivity contribution in [1.29, 1.82) is 0 Å². The van der Waals surface area contributed by atoms with Crippen LogP contribution in [-0.4, -0.2) is 17.5 Å². The molecule has 2 heteroatoms. The molecular weight excluding hydrogens is 186 g/mol. The number of hydrogen-bond donors (Lipinski definition) is 1. The van der Waals surface area contributed by atoms with E-state index in [2.05, 4.69) is 25.8 Å². The molecule has 1 aliphatic carbocycles. The summed E-state index contributed by atoms with van der Waals surface area (Å²) in [5.41, 5.74) is 1.54. The highest BCUT2D eigenvalue weighted by atomic mass is 16.3. The van der Waals surface area contributed by atoms with Gasteiger partial charge < -0.3 is 5.11 Å². The molecule has 1 N–H and O–H groups in total. The summed E-state index contributed by atoms with van der Waals surface area (Å²) in [6, 6.07) is 0. The van der Waals surface area contributed by atoms with E-state index in [4.69, 9.17) is 5.11 Å². The first-order chi connectivity index (χ1) is 7.03. The van der Waals surface area contributed by atoms with Crippen LogP contribution in [-0.2, 0) is 0 Å². The van der Waals surface area contributed by atoms with E-state index in [9.17, 15) is 0 Å². The first-order valence-electron chi connectivity index (χ1n) is 6.17. The van der Waals surface area contributed by atoms with Gasteiger partial charge in [-0.25, -0.2) is 0 Å². The van der Waals surface area contributed by atoms with Crippen LogP contribution in [0.2, 0.25) is 0 Å². The Labute approximate surface area is 93.8 Å². The fourth-order valence-corrected chi connectivity index (χ4v) is 2.40. The van der Waals surface area contributed by atoms with E-state index in [1.807, 2.05) is 0 Å². The summed E-state index contributed by atoms with van der Waals surface area (Å²) in [6.07, 6.45) is 7.61. The minimum Gasteiger partial charge on any atom is -0.375 e. The lowest BCUT2D eigenvalue weighted by Gasteiger charge is -2.28. The van der Waals surface area contributed by atoms with Gasteiger partial charge in [0.25, 0.3) is 0 Å². The smallest absolute Gasteiger partial charge is 0.134 e. The van der Waals surface area contributed by atoms with Gasteiger partial charge in [0.05, 0.1) is 0 Å². The lowest BCUT2D eigenvalue weighted by atomic mass is 9.79. The van der Waals surface area contributed by atoms with Crippen molar-refractivity contribution in [3.05, 3.63) is 0 Å². The van der Waals surface area contributed by atoms with Gasteiger partial charge in [-0.1, -0.05) is 40.0 Å². The Bertz CT molecular complexity index is 209. The Morgan fingerprint density at radius 3 is 2.27 bits per heavy atom. The normalized spacial score (nSPS) is 20.7. The van der Waals surface area contributed by atoms with Crippen molar-refractivity contribution in [2.24, 2.45) is 16.3 Å². The van der Waals surface area contributed by atoms with E-state index >= 15 is 0 Å². The molecule has 1 fully saturated rings. The molecular formula is C13H25NO. The number of aliphatic imine (C=N–C) groups is 1. The molecule has 0 aromatic rings. The first-order valence-corrected chi connectivity index (χ1v) is 6.17. The van der Waals surface area contributed by atoms with Crippen molar-refractivity contribution in [2.45, 2.75) is 59.3 Å². The fourth-order valence-electron chi connectivity index (χ4n) is 2.40. The van der Waals surface area contributed by atoms with Gasteiger partial charge in [0.1, 0.15) is 6.73 Å². The van der Waals surface area contributed by atoms with Crippen LogP contribution in [0.1, 0.15) is 59.3 Å². The molecule has 0 amide bonds. The summed E-state index contributed by atoms with van der Waals surface area (Å²) < 4.78 is 0. The molecule has 0 atom stereocenters. The maximum Gasteiger partial charge on any atom is 0.134 e. The predicted molar refractivity (Wildman–Crippen MR) is 65.2 cm³/mol. The molecule has 0 spiro atoms. The number of rotatable bonds is 3. The zero-order valence-corrected chi connectivity index (χ0v) is 10.4. The lowest BCUT2D eigenvalue weighted by molar-refractivity contribution is 0.304. The summed E-state index contributed by atoms with van der Waals surface area (Å²) >= 11 is 0. The molecule has 0 unspecified atom stereocenters. The zero-order valence-electron chi connectivity index (χ0n) is 10.4. The van der Waals surface area contributed by atoms with Crippen molar-refractivity contribution in [2.75, 3.05) is 6.73 Å². The second kappa shape index (κ2) is 5.64. The highest BCUT2D eigenvalue weighted by Gasteiger charge is 2.23. The molecule has 0 heterocycles. The van der Waals surface area contributed by atoms with Crippen molar-refractivity contribution in [1.82, 2.24) is 0 Å². The fraction of sp³-hybridized carbons (Fsp3) is 0.923. The summed E-state index contributed by atoms with van der Waals surface area (Å²) in [6.45, 7) is 6.68. The first kappa shape index (κ1) is 12.7. The summed E-state index contributed by atoms with van der Waals surface area (Å²) in [4.78, 5) is 4.31. The Morgan fingerprint density at radius 1 is 1.20 bits per heavy atom. The van der Waals surface area contributed by atoms with Crippen LogP contribution in [0.25, 0.3) is 0 Å². The molecule has 88 valence electrons. The summed E-state index contributed by atoms with van der Waals surface area (Å²) in [7, 11) is 0. The molecule has 1 saturated carbocycles. The second-order valence-electron chi connectivity index (χ2n) is 5.86. The van der Waals surface area contributed by atoms with Gasteiger partial charge in [-0.2, -0.15) is 0 Å². The third-order valence-corrected chi connectivity index (χ3v) is 3.06. The zero-order chi connectivity index (χ0) is 11.3. The van der Waals surface area contributed by atoms with Gasteiger partial charge in [0.2, 0.25) is 0 Å². The maximum atomic E-state index is 8.98. The Hall–Kier alpha value is -0.370. The van der Waals surface area contributed by atoms with Gasteiger partial charge in [0.15, 0.2) is 0 Å². The van der Waals surface area contributed by atoms with E-state index in [1.54, 1.807) is 0 Å². The van der Waals surface area contributed by atoms with Crippen molar-refractivity contribution < 1.29 is 5.11 Å². The number of aliphatic hydroxyl groups excluding tert-OH is 1. The standard InChI is InChI=1S/C13H25NO/c1-13(2,3)9-12(14-10-15)11-7-5-4-6-8-11/h11,15H,4-10H2,1-3H3. The van der Waals surface area contributed by atoms with Gasteiger partial charge in [0, 0.05) is 5.71 Å². The van der Waals surface area contributed by atoms with E-state index < -0.39 is 0 Å². The van der Waals surface area contributed by atoms with Crippen LogP contribution in [0.4, 0.5) is 0 Å². The van der Waals surface area contributed by atoms with Gasteiger partial charge in [-0.05, 0) is 30.6 Å². The minimum atomic E-state index is -0.0398. The molecule has 1 aliphatic rings. The quantitative estimate of drug-likeness (QED) is 0.713. The Kier molecular flexibility index (Phi) is 4.78. The van der Waals surface area contributed by atoms with Crippen LogP contribution < -0.4 is 0 Å². The molecule has 0 aromatic heterocycles. The number of nitrogens with zero attached hydrogens (tertiary/aromatic N) is 1. The largest absolute Gasteiger partial charge is 0.375 e. The van der Waals surface area contributed by atoms with Gasteiger partial charge >= 0.3 is 0 Å². The highest BCUT2D eigenvalue weighted by Crippen LogP contribution is 2.30. The van der Waals surface area contributed by atoms with E-state index in [-0.39, 0.29) is 12.1 Å². The van der Waals surface area contributed by atoms with Crippen LogP contribution in [0.15, 0.2) is 4.99 Å². The minimum absolute atomic E-state index is 0.0398. The third-order valence-electron chi connectivity index (χ3n) is 3.06. The summed E-state index contributed by atoms with van der Waals surface area (Å²) in [5.74, 6) is 0.644. The third kappa shape index (κ3) is 4.78. The number of aliphatic hydroxyl groups is 1. The predicted octanol–water partition coefficient (Wildman–Crippen LogP) is 3.39. The van der Waals surface area contributed by atoms with Crippen molar-refractivity contribution in [3.63, 3.8) is 0 Å². The molecule has 1 rings (SSSR count). The molecule has 2 nitrogen and oxygen atoms in total. The average Bonchev–Trinajstić information content (AvgIpc) is 2.17. The SMILES string of the molecule is CC(C)(C)CC(=NCO)C1CCCCC1. The monoisotopic (exact) mass is 211 g/mol. The van der Waals surface area contributed by atoms with Crippen LogP contribution in [0.3, 0.4) is 0 Å². The molecule has 0 saturated heterocycles. The molecule has 0 aromatic carbocycles. The van der Waals surface area contributed by atoms with Crippen molar-refractivity contribution >= 4 is 5.71 Å². The van der Waals surface area contributed by atoms with Crippen LogP contribution >= 0.6 is 0 Å². The summed E-state index contributed by atoms with van der Waals surface area (Å²) in [5, 5.41) is 8.98. The Morgan fingerprint density at radius 2 is 1.80 bits per heavy atom. The van der Waals surface area contributed by atoms with Gasteiger partial charge in [-0.3, -0.25) is 4.99 Å². The van der Waals surface area contributed by atoms with Crippen LogP contribution in [0.5, 0.6) is 0 Å². The molecule has 15 heavy (non-hydrogen) atoms. The molecule has 0 radical (unpaired) electrons. The maximum absolute atomic E-state index is 8.98. The van der Waals surface area contributed by atoms with Gasteiger partial charge in [-0.15, -0.1) is 0 Å². The number of hydrogen-bond acceptors (Lipinski definition) is 2. The molecule has 0 aliphatic heterocycles. The van der Waals surface area contributed by atoms with Crippen LogP contribution in [0, 0.1) is 11.3 Å². The van der Waals surface area contributed by atoms with E-state index in [0.717, 1.165) is 6.42 Å². The van der Waals surface area contributed by atoms with Crippen molar-refractivity contribution in [3.8, 4) is 0 Å². The topological polar surface area (TPSA) is 32.6 Å². The van der Waals surface area contributed by atoms with E-state index in [1.165, 1.54) is 37.8 Å². The Balaban J connectivity index is 2.60. The second-order valence-corrected chi connectivity index (χ2v) is 5.86. The van der Waals surface area contributed by atoms with E-state index in [0.29, 0.717) is 5.92 Å². The lowest BCUT2D eigenvalue weighted by Crippen LogP contribution is -2.23. The molecule has 0 bridgehead atoms.